The number of nitrogens with one attached hydrogen (secondary N) is 1. The van der Waals surface area contributed by atoms with E-state index in [2.05, 4.69) is 11.9 Å². The van der Waals surface area contributed by atoms with Crippen molar-refractivity contribution >= 4 is 0 Å². The van der Waals surface area contributed by atoms with E-state index in [1.165, 1.54) is 0 Å². The standard InChI is InChI=1S/C11H21NO6/c1-6(2)12-3-4-17-11-10(16)9(15)8(14)7(5-13)18-11/h7-16H,1,3-5H2,2H3. The smallest absolute Gasteiger partial charge is 0.186 e. The molecule has 0 aromatic heterocycles. The van der Waals surface area contributed by atoms with Crippen LogP contribution in [0.2, 0.25) is 0 Å². The van der Waals surface area contributed by atoms with Crippen LogP contribution in [0.25, 0.3) is 0 Å². The molecule has 1 rings (SSSR count). The second-order valence-corrected chi connectivity index (χ2v) is 4.28. The summed E-state index contributed by atoms with van der Waals surface area (Å²) < 4.78 is 10.4. The van der Waals surface area contributed by atoms with E-state index in [-0.39, 0.29) is 6.61 Å². The van der Waals surface area contributed by atoms with Gasteiger partial charge in [0.25, 0.3) is 0 Å². The van der Waals surface area contributed by atoms with Crippen LogP contribution in [0.4, 0.5) is 0 Å². The molecular weight excluding hydrogens is 242 g/mol. The van der Waals surface area contributed by atoms with Crippen molar-refractivity contribution in [1.82, 2.24) is 5.32 Å². The van der Waals surface area contributed by atoms with Crippen molar-refractivity contribution in [2.24, 2.45) is 0 Å². The summed E-state index contributed by atoms with van der Waals surface area (Å²) in [5.74, 6) is 0. The van der Waals surface area contributed by atoms with Crippen LogP contribution >= 0.6 is 0 Å². The molecular formula is C11H21NO6. The van der Waals surface area contributed by atoms with Crippen molar-refractivity contribution in [3.63, 3.8) is 0 Å². The average Bonchev–Trinajstić information content (AvgIpc) is 2.34. The lowest BCUT2D eigenvalue weighted by Crippen LogP contribution is -2.59. The molecule has 0 spiro atoms. The Hall–Kier alpha value is -0.700. The van der Waals surface area contributed by atoms with Gasteiger partial charge < -0.3 is 35.2 Å². The van der Waals surface area contributed by atoms with E-state index < -0.39 is 37.3 Å². The largest absolute Gasteiger partial charge is 0.394 e. The van der Waals surface area contributed by atoms with Gasteiger partial charge in [0.2, 0.25) is 0 Å². The van der Waals surface area contributed by atoms with E-state index in [0.29, 0.717) is 6.54 Å². The highest BCUT2D eigenvalue weighted by Gasteiger charge is 2.43. The van der Waals surface area contributed by atoms with Gasteiger partial charge in [0.05, 0.1) is 13.2 Å². The molecule has 1 fully saturated rings. The summed E-state index contributed by atoms with van der Waals surface area (Å²) in [4.78, 5) is 0. The van der Waals surface area contributed by atoms with E-state index in [0.717, 1.165) is 5.70 Å². The quantitative estimate of drug-likeness (QED) is 0.350. The van der Waals surface area contributed by atoms with Crippen LogP contribution in [-0.2, 0) is 9.47 Å². The molecule has 1 heterocycles. The van der Waals surface area contributed by atoms with Gasteiger partial charge in [-0.25, -0.2) is 0 Å². The fraction of sp³-hybridized carbons (Fsp3) is 0.818. The van der Waals surface area contributed by atoms with E-state index in [9.17, 15) is 15.3 Å². The molecule has 5 N–H and O–H groups in total. The molecule has 7 nitrogen and oxygen atoms in total. The highest BCUT2D eigenvalue weighted by molar-refractivity contribution is 4.89. The Morgan fingerprint density at radius 1 is 1.28 bits per heavy atom. The molecule has 18 heavy (non-hydrogen) atoms. The lowest BCUT2D eigenvalue weighted by atomic mass is 9.99. The molecule has 0 radical (unpaired) electrons. The van der Waals surface area contributed by atoms with Crippen molar-refractivity contribution < 1.29 is 29.9 Å². The lowest BCUT2D eigenvalue weighted by molar-refractivity contribution is -0.300. The van der Waals surface area contributed by atoms with Gasteiger partial charge in [-0.05, 0) is 6.92 Å². The van der Waals surface area contributed by atoms with Crippen LogP contribution in [0.1, 0.15) is 6.92 Å². The zero-order chi connectivity index (χ0) is 13.7. The third-order valence-corrected chi connectivity index (χ3v) is 2.66. The summed E-state index contributed by atoms with van der Waals surface area (Å²) in [5.41, 5.74) is 0.785. The topological polar surface area (TPSA) is 111 Å². The minimum absolute atomic E-state index is 0.232. The van der Waals surface area contributed by atoms with Crippen molar-refractivity contribution in [2.45, 2.75) is 37.6 Å². The summed E-state index contributed by atoms with van der Waals surface area (Å²) >= 11 is 0. The zero-order valence-corrected chi connectivity index (χ0v) is 10.3. The van der Waals surface area contributed by atoms with E-state index in [1.54, 1.807) is 6.92 Å². The van der Waals surface area contributed by atoms with Gasteiger partial charge in [-0.15, -0.1) is 0 Å². The number of hydrogen-bond donors (Lipinski definition) is 5. The Morgan fingerprint density at radius 3 is 2.50 bits per heavy atom. The minimum atomic E-state index is -1.41. The first kappa shape index (κ1) is 15.4. The highest BCUT2D eigenvalue weighted by atomic mass is 16.7. The van der Waals surface area contributed by atoms with Gasteiger partial charge in [-0.1, -0.05) is 6.58 Å². The average molecular weight is 263 g/mol. The molecule has 0 aromatic rings. The molecule has 5 atom stereocenters. The SMILES string of the molecule is C=C(C)NCCOC1OC(CO)C(O)C(O)C1O. The Bertz CT molecular complexity index is 272. The third kappa shape index (κ3) is 3.91. The van der Waals surface area contributed by atoms with Crippen molar-refractivity contribution in [3.8, 4) is 0 Å². The highest BCUT2D eigenvalue weighted by Crippen LogP contribution is 2.21. The molecule has 7 heteroatoms. The monoisotopic (exact) mass is 263 g/mol. The van der Waals surface area contributed by atoms with Gasteiger partial charge in [-0.3, -0.25) is 0 Å². The molecule has 0 saturated carbocycles. The molecule has 106 valence electrons. The molecule has 0 amide bonds. The summed E-state index contributed by atoms with van der Waals surface area (Å²) in [7, 11) is 0. The summed E-state index contributed by atoms with van der Waals surface area (Å²) in [6, 6.07) is 0. The molecule has 0 bridgehead atoms. The fourth-order valence-electron chi connectivity index (χ4n) is 1.64. The Balaban J connectivity index is 2.41. The Kier molecular flexibility index (Phi) is 6.00. The van der Waals surface area contributed by atoms with Crippen LogP contribution < -0.4 is 5.32 Å². The van der Waals surface area contributed by atoms with Gasteiger partial charge in [0.15, 0.2) is 6.29 Å². The van der Waals surface area contributed by atoms with Crippen LogP contribution in [0, 0.1) is 0 Å². The molecule has 5 unspecified atom stereocenters. The number of ether oxygens (including phenoxy) is 2. The summed E-state index contributed by atoms with van der Waals surface area (Å²) in [6.45, 7) is 5.69. The number of allylic oxidation sites excluding steroid dienone is 1. The van der Waals surface area contributed by atoms with Crippen molar-refractivity contribution in [3.05, 3.63) is 12.3 Å². The Labute approximate surface area is 106 Å². The van der Waals surface area contributed by atoms with Gasteiger partial charge in [-0.2, -0.15) is 0 Å². The normalized spacial score (nSPS) is 36.4. The van der Waals surface area contributed by atoms with Crippen LogP contribution in [0.15, 0.2) is 12.3 Å². The van der Waals surface area contributed by atoms with Crippen molar-refractivity contribution in [1.29, 1.82) is 0 Å². The number of aliphatic hydroxyl groups is 4. The maximum absolute atomic E-state index is 9.65. The van der Waals surface area contributed by atoms with Crippen LogP contribution in [0.3, 0.4) is 0 Å². The third-order valence-electron chi connectivity index (χ3n) is 2.66. The van der Waals surface area contributed by atoms with Crippen LogP contribution in [-0.4, -0.2) is 70.9 Å². The predicted octanol–water partition coefficient (Wildman–Crippen LogP) is -2.07. The fourth-order valence-corrected chi connectivity index (χ4v) is 1.64. The number of aliphatic hydroxyl groups excluding tert-OH is 4. The van der Waals surface area contributed by atoms with E-state index >= 15 is 0 Å². The maximum Gasteiger partial charge on any atom is 0.186 e. The van der Waals surface area contributed by atoms with Crippen LogP contribution in [0.5, 0.6) is 0 Å². The molecule has 0 aliphatic carbocycles. The van der Waals surface area contributed by atoms with E-state index in [4.69, 9.17) is 14.6 Å². The van der Waals surface area contributed by atoms with Gasteiger partial charge in [0, 0.05) is 12.2 Å². The number of rotatable bonds is 6. The van der Waals surface area contributed by atoms with Gasteiger partial charge in [0.1, 0.15) is 24.4 Å². The Morgan fingerprint density at radius 2 is 1.94 bits per heavy atom. The van der Waals surface area contributed by atoms with E-state index in [1.807, 2.05) is 0 Å². The minimum Gasteiger partial charge on any atom is -0.394 e. The summed E-state index contributed by atoms with van der Waals surface area (Å²) in [6.07, 6.45) is -6.14. The van der Waals surface area contributed by atoms with Gasteiger partial charge >= 0.3 is 0 Å². The molecule has 1 aliphatic rings. The first-order valence-corrected chi connectivity index (χ1v) is 5.79. The molecule has 1 saturated heterocycles. The lowest BCUT2D eigenvalue weighted by Gasteiger charge is -2.39. The second-order valence-electron chi connectivity index (χ2n) is 4.28. The van der Waals surface area contributed by atoms with Crippen molar-refractivity contribution in [2.75, 3.05) is 19.8 Å². The predicted molar refractivity (Wildman–Crippen MR) is 62.5 cm³/mol. The maximum atomic E-state index is 9.65. The second kappa shape index (κ2) is 7.03. The first-order valence-electron chi connectivity index (χ1n) is 5.79. The zero-order valence-electron chi connectivity index (χ0n) is 10.3. The first-order chi connectivity index (χ1) is 8.47. The molecule has 0 aromatic carbocycles. The summed E-state index contributed by atoms with van der Waals surface area (Å²) in [5, 5.41) is 40.6. The molecule has 1 aliphatic heterocycles. The number of hydrogen-bond acceptors (Lipinski definition) is 7.